The number of esters is 2. The van der Waals surface area contributed by atoms with Crippen LogP contribution in [0.15, 0.2) is 78.9 Å². The molecule has 3 aromatic rings. The summed E-state index contributed by atoms with van der Waals surface area (Å²) in [4.78, 5) is 22.2. The molecule has 0 N–H and O–H groups in total. The highest BCUT2D eigenvalue weighted by molar-refractivity contribution is 9.08. The van der Waals surface area contributed by atoms with E-state index >= 15 is 0 Å². The number of hydrogen-bond donors (Lipinski definition) is 0. The van der Waals surface area contributed by atoms with Crippen LogP contribution in [0.1, 0.15) is 37.4 Å². The molecule has 0 radical (unpaired) electrons. The van der Waals surface area contributed by atoms with Gasteiger partial charge in [-0.15, -0.1) is 0 Å². The van der Waals surface area contributed by atoms with Crippen molar-refractivity contribution >= 4 is 40.0 Å². The number of halogens is 1. The Kier molecular flexibility index (Phi) is 9.55. The van der Waals surface area contributed by atoms with Gasteiger partial charge in [0.25, 0.3) is 0 Å². The molecule has 0 atom stereocenters. The second kappa shape index (κ2) is 12.4. The Morgan fingerprint density at radius 1 is 0.700 bits per heavy atom. The first-order valence-electron chi connectivity index (χ1n) is 9.22. The molecule has 0 aliphatic rings. The molecule has 0 heterocycles. The van der Waals surface area contributed by atoms with E-state index in [1.807, 2.05) is 66.7 Å². The third-order valence-corrected chi connectivity index (χ3v) is 4.78. The normalized spacial score (nSPS) is 10.1. The van der Waals surface area contributed by atoms with Crippen LogP contribution in [0.2, 0.25) is 0 Å². The largest absolute Gasteiger partial charge is 0.465 e. The molecule has 0 bridgehead atoms. The summed E-state index contributed by atoms with van der Waals surface area (Å²) in [6, 6.07) is 24.7. The molecule has 5 heteroatoms. The molecule has 4 nitrogen and oxygen atoms in total. The smallest absolute Gasteiger partial charge is 0.337 e. The van der Waals surface area contributed by atoms with E-state index in [0.717, 1.165) is 22.0 Å². The zero-order valence-corrected chi connectivity index (χ0v) is 18.5. The molecule has 3 rings (SSSR count). The van der Waals surface area contributed by atoms with Gasteiger partial charge in [-0.1, -0.05) is 82.7 Å². The van der Waals surface area contributed by atoms with Crippen molar-refractivity contribution in [3.05, 3.63) is 107 Å². The summed E-state index contributed by atoms with van der Waals surface area (Å²) in [5.74, 6) is -0.607. The monoisotopic (exact) mass is 466 g/mol. The number of carbonyl (C=O) groups is 2. The SMILES string of the molecule is COC(=O)c1ccc(C=Cc2ccccc2)cc1.COC(=O)c1ccc(CBr)cc1. The minimum absolute atomic E-state index is 0.295. The topological polar surface area (TPSA) is 52.6 Å². The molecule has 0 aliphatic carbocycles. The average Bonchev–Trinajstić information content (AvgIpc) is 2.83. The lowest BCUT2D eigenvalue weighted by atomic mass is 10.1. The van der Waals surface area contributed by atoms with E-state index < -0.39 is 0 Å². The minimum atomic E-state index is -0.311. The van der Waals surface area contributed by atoms with Crippen molar-refractivity contribution in [3.63, 3.8) is 0 Å². The van der Waals surface area contributed by atoms with E-state index in [1.54, 1.807) is 24.3 Å². The maximum atomic E-state index is 11.3. The van der Waals surface area contributed by atoms with Gasteiger partial charge in [-0.3, -0.25) is 0 Å². The molecule has 0 amide bonds. The summed E-state index contributed by atoms with van der Waals surface area (Å²) >= 11 is 3.32. The van der Waals surface area contributed by atoms with Crippen molar-refractivity contribution < 1.29 is 19.1 Å². The highest BCUT2D eigenvalue weighted by Gasteiger charge is 2.03. The van der Waals surface area contributed by atoms with Gasteiger partial charge >= 0.3 is 11.9 Å². The summed E-state index contributed by atoms with van der Waals surface area (Å²) in [5.41, 5.74) is 4.49. The molecule has 0 fully saturated rings. The van der Waals surface area contributed by atoms with Gasteiger partial charge < -0.3 is 9.47 Å². The van der Waals surface area contributed by atoms with Crippen LogP contribution in [-0.4, -0.2) is 26.2 Å². The first-order chi connectivity index (χ1) is 14.6. The van der Waals surface area contributed by atoms with Crippen molar-refractivity contribution in [1.82, 2.24) is 0 Å². The van der Waals surface area contributed by atoms with Gasteiger partial charge in [0.1, 0.15) is 0 Å². The van der Waals surface area contributed by atoms with Gasteiger partial charge in [-0.25, -0.2) is 9.59 Å². The van der Waals surface area contributed by atoms with Crippen LogP contribution in [0.4, 0.5) is 0 Å². The second-order valence-electron chi connectivity index (χ2n) is 6.18. The fourth-order valence-corrected chi connectivity index (χ4v) is 2.83. The first-order valence-corrected chi connectivity index (χ1v) is 10.3. The van der Waals surface area contributed by atoms with Crippen molar-refractivity contribution in [3.8, 4) is 0 Å². The van der Waals surface area contributed by atoms with Gasteiger partial charge in [0, 0.05) is 5.33 Å². The summed E-state index contributed by atoms with van der Waals surface area (Å²) in [6.07, 6.45) is 4.05. The number of rotatable bonds is 5. The number of alkyl halides is 1. The highest BCUT2D eigenvalue weighted by atomic mass is 79.9. The standard InChI is InChI=1S/C16H14O2.C9H9BrO2/c1-18-16(17)15-11-9-14(10-12-15)8-7-13-5-3-2-4-6-13;1-12-9(11)8-4-2-7(6-10)3-5-8/h2-12H,1H3;2-5H,6H2,1H3. The zero-order valence-electron chi connectivity index (χ0n) is 16.9. The molecule has 3 aromatic carbocycles. The van der Waals surface area contributed by atoms with E-state index in [2.05, 4.69) is 25.4 Å². The molecular formula is C25H23BrO4. The molecule has 154 valence electrons. The Morgan fingerprint density at radius 3 is 1.57 bits per heavy atom. The molecular weight excluding hydrogens is 444 g/mol. The Balaban J connectivity index is 0.000000232. The Bertz CT molecular complexity index is 962. The minimum Gasteiger partial charge on any atom is -0.465 e. The van der Waals surface area contributed by atoms with Crippen LogP contribution >= 0.6 is 15.9 Å². The fourth-order valence-electron chi connectivity index (χ4n) is 2.45. The molecule has 0 spiro atoms. The van der Waals surface area contributed by atoms with Crippen LogP contribution in [0.3, 0.4) is 0 Å². The molecule has 0 aliphatic heterocycles. The second-order valence-corrected chi connectivity index (χ2v) is 6.74. The third kappa shape index (κ3) is 7.33. The molecule has 0 unspecified atom stereocenters. The lowest BCUT2D eigenvalue weighted by Gasteiger charge is -1.99. The summed E-state index contributed by atoms with van der Waals surface area (Å²) < 4.78 is 9.21. The maximum Gasteiger partial charge on any atom is 0.337 e. The third-order valence-electron chi connectivity index (χ3n) is 4.13. The number of methoxy groups -OCH3 is 2. The Hall–Kier alpha value is -3.18. The lowest BCUT2D eigenvalue weighted by molar-refractivity contribution is 0.0592. The van der Waals surface area contributed by atoms with Gasteiger partial charge in [0.2, 0.25) is 0 Å². The van der Waals surface area contributed by atoms with Crippen molar-refractivity contribution in [1.29, 1.82) is 0 Å². The van der Waals surface area contributed by atoms with Crippen molar-refractivity contribution in [2.24, 2.45) is 0 Å². The van der Waals surface area contributed by atoms with Crippen molar-refractivity contribution in [2.45, 2.75) is 5.33 Å². The van der Waals surface area contributed by atoms with E-state index in [9.17, 15) is 9.59 Å². The van der Waals surface area contributed by atoms with Crippen LogP contribution < -0.4 is 0 Å². The van der Waals surface area contributed by atoms with Crippen molar-refractivity contribution in [2.75, 3.05) is 14.2 Å². The fraction of sp³-hybridized carbons (Fsp3) is 0.120. The van der Waals surface area contributed by atoms with Crippen LogP contribution in [0.25, 0.3) is 12.2 Å². The number of carbonyl (C=O) groups excluding carboxylic acids is 2. The zero-order chi connectivity index (χ0) is 21.8. The Labute approximate surface area is 185 Å². The van der Waals surface area contributed by atoms with E-state index in [1.165, 1.54) is 14.2 Å². The molecule has 0 saturated heterocycles. The van der Waals surface area contributed by atoms with Crippen LogP contribution in [-0.2, 0) is 14.8 Å². The van der Waals surface area contributed by atoms with Gasteiger partial charge in [-0.2, -0.15) is 0 Å². The molecule has 0 saturated carbocycles. The molecule has 30 heavy (non-hydrogen) atoms. The number of benzene rings is 3. The maximum absolute atomic E-state index is 11.3. The molecule has 0 aromatic heterocycles. The van der Waals surface area contributed by atoms with E-state index in [-0.39, 0.29) is 11.9 Å². The lowest BCUT2D eigenvalue weighted by Crippen LogP contribution is -2.00. The van der Waals surface area contributed by atoms with Gasteiger partial charge in [-0.05, 0) is 41.0 Å². The first kappa shape index (κ1) is 23.1. The van der Waals surface area contributed by atoms with Crippen LogP contribution in [0.5, 0.6) is 0 Å². The quantitative estimate of drug-likeness (QED) is 0.262. The summed E-state index contributed by atoms with van der Waals surface area (Å²) in [5, 5.41) is 0.800. The highest BCUT2D eigenvalue weighted by Crippen LogP contribution is 2.10. The number of hydrogen-bond acceptors (Lipinski definition) is 4. The average molecular weight is 467 g/mol. The van der Waals surface area contributed by atoms with Gasteiger partial charge in [0.05, 0.1) is 25.3 Å². The summed E-state index contributed by atoms with van der Waals surface area (Å²) in [6.45, 7) is 0. The van der Waals surface area contributed by atoms with E-state index in [0.29, 0.717) is 11.1 Å². The van der Waals surface area contributed by atoms with Crippen LogP contribution in [0, 0.1) is 0 Å². The predicted molar refractivity (Wildman–Crippen MR) is 124 cm³/mol. The predicted octanol–water partition coefficient (Wildman–Crippen LogP) is 6.01. The van der Waals surface area contributed by atoms with E-state index in [4.69, 9.17) is 0 Å². The number of ether oxygens (including phenoxy) is 2. The Morgan fingerprint density at radius 2 is 1.13 bits per heavy atom. The summed E-state index contributed by atoms with van der Waals surface area (Å²) in [7, 11) is 2.76. The van der Waals surface area contributed by atoms with Gasteiger partial charge in [0.15, 0.2) is 0 Å².